The Morgan fingerprint density at radius 1 is 1.16 bits per heavy atom. The van der Waals surface area contributed by atoms with Gasteiger partial charge in [0.2, 0.25) is 0 Å². The van der Waals surface area contributed by atoms with E-state index in [1.165, 1.54) is 0 Å². The average Bonchev–Trinajstić information content (AvgIpc) is 3.03. The number of fused-ring (bicyclic) bond motifs is 1. The molecule has 1 aliphatic rings. The Hall–Kier alpha value is -1.52. The van der Waals surface area contributed by atoms with E-state index in [9.17, 15) is 9.59 Å². The molecule has 0 aromatic carbocycles. The molecule has 0 amide bonds. The Bertz CT molecular complexity index is 610. The molecule has 0 N–H and O–H groups in total. The third kappa shape index (κ3) is 4.77. The third-order valence-corrected chi connectivity index (χ3v) is 6.42. The summed E-state index contributed by atoms with van der Waals surface area (Å²) in [5.41, 5.74) is 0.469. The minimum atomic E-state index is -0.389. The lowest BCUT2D eigenvalue weighted by Crippen LogP contribution is -2.32. The van der Waals surface area contributed by atoms with Gasteiger partial charge in [-0.3, -0.25) is 9.59 Å². The number of aromatic nitrogens is 3. The summed E-state index contributed by atoms with van der Waals surface area (Å²) < 4.78 is 1.99. The van der Waals surface area contributed by atoms with E-state index in [2.05, 4.69) is 24.2 Å². The Morgan fingerprint density at radius 3 is 2.60 bits per heavy atom. The summed E-state index contributed by atoms with van der Waals surface area (Å²) in [7, 11) is 0. The quantitative estimate of drug-likeness (QED) is 0.806. The maximum atomic E-state index is 12.9. The molecule has 1 aromatic heterocycles. The van der Waals surface area contributed by atoms with Crippen molar-refractivity contribution in [2.45, 2.75) is 92.0 Å². The molecule has 1 aromatic rings. The van der Waals surface area contributed by atoms with Gasteiger partial charge in [-0.25, -0.2) is 4.68 Å². The van der Waals surface area contributed by atoms with Crippen LogP contribution in [0, 0.1) is 10.8 Å². The summed E-state index contributed by atoms with van der Waals surface area (Å²) in [5.74, 6) is 0.512. The van der Waals surface area contributed by atoms with E-state index in [1.807, 2.05) is 17.8 Å². The van der Waals surface area contributed by atoms with Gasteiger partial charge in [-0.05, 0) is 51.9 Å². The molecule has 0 aliphatic carbocycles. The maximum Gasteiger partial charge on any atom is 0.138 e. The van der Waals surface area contributed by atoms with Gasteiger partial charge in [-0.2, -0.15) is 0 Å². The van der Waals surface area contributed by atoms with Crippen LogP contribution in [0.1, 0.15) is 84.8 Å². The summed E-state index contributed by atoms with van der Waals surface area (Å²) in [5, 5.41) is 8.25. The molecule has 1 aliphatic heterocycles. The molecule has 0 spiro atoms. The van der Waals surface area contributed by atoms with Gasteiger partial charge >= 0.3 is 0 Å². The molecule has 0 unspecified atom stereocenters. The molecule has 25 heavy (non-hydrogen) atoms. The van der Waals surface area contributed by atoms with Crippen LogP contribution in [0.15, 0.2) is 6.20 Å². The molecule has 0 radical (unpaired) electrons. The van der Waals surface area contributed by atoms with Crippen molar-refractivity contribution in [3.8, 4) is 0 Å². The van der Waals surface area contributed by atoms with Crippen LogP contribution in [0.4, 0.5) is 0 Å². The standard InChI is InChI=1S/C20H33N3O2/c1-5-19(3)12-8-9-17-15-21-22-23(17)14-7-6-11-20(4,16(2)24)13-10-18(19)25/h15H,5-14H2,1-4H3/t19-,20+/m0/s1. The molecule has 0 fully saturated rings. The summed E-state index contributed by atoms with van der Waals surface area (Å²) in [6, 6.07) is 0. The van der Waals surface area contributed by atoms with Crippen molar-refractivity contribution >= 4 is 11.6 Å². The van der Waals surface area contributed by atoms with E-state index in [-0.39, 0.29) is 16.6 Å². The summed E-state index contributed by atoms with van der Waals surface area (Å²) in [4.78, 5) is 25.1. The number of carbonyl (C=O) groups is 2. The fourth-order valence-corrected chi connectivity index (χ4v) is 3.78. The van der Waals surface area contributed by atoms with Gasteiger partial charge in [0.25, 0.3) is 0 Å². The normalized spacial score (nSPS) is 29.7. The van der Waals surface area contributed by atoms with Crippen LogP contribution in [-0.2, 0) is 22.6 Å². The van der Waals surface area contributed by atoms with Crippen LogP contribution in [0.25, 0.3) is 0 Å². The number of rotatable bonds is 2. The van der Waals surface area contributed by atoms with Gasteiger partial charge in [0.1, 0.15) is 11.6 Å². The second kappa shape index (κ2) is 8.24. The number of Topliss-reactive ketones (excluding diaryl/α,β-unsaturated/α-hetero) is 2. The summed E-state index contributed by atoms with van der Waals surface area (Å²) in [6.07, 6.45) is 9.43. The lowest BCUT2D eigenvalue weighted by Gasteiger charge is -2.31. The van der Waals surface area contributed by atoms with Crippen LogP contribution in [-0.4, -0.2) is 26.6 Å². The monoisotopic (exact) mass is 347 g/mol. The van der Waals surface area contributed by atoms with E-state index in [0.717, 1.165) is 57.2 Å². The van der Waals surface area contributed by atoms with Gasteiger partial charge in [-0.1, -0.05) is 32.4 Å². The molecule has 2 rings (SSSR count). The van der Waals surface area contributed by atoms with Crippen molar-refractivity contribution in [3.63, 3.8) is 0 Å². The Balaban J connectivity index is 2.21. The van der Waals surface area contributed by atoms with E-state index >= 15 is 0 Å². The first-order valence-electron chi connectivity index (χ1n) is 9.72. The number of carbonyl (C=O) groups excluding carboxylic acids is 2. The zero-order valence-electron chi connectivity index (χ0n) is 16.3. The van der Waals surface area contributed by atoms with Crippen LogP contribution in [0.5, 0.6) is 0 Å². The minimum absolute atomic E-state index is 0.201. The molecule has 0 bridgehead atoms. The fraction of sp³-hybridized carbons (Fsp3) is 0.800. The Morgan fingerprint density at radius 2 is 1.92 bits per heavy atom. The molecule has 0 saturated carbocycles. The highest BCUT2D eigenvalue weighted by molar-refractivity contribution is 5.86. The van der Waals surface area contributed by atoms with Crippen molar-refractivity contribution in [2.75, 3.05) is 0 Å². The number of ketones is 2. The smallest absolute Gasteiger partial charge is 0.138 e. The minimum Gasteiger partial charge on any atom is -0.299 e. The van der Waals surface area contributed by atoms with Crippen molar-refractivity contribution in [3.05, 3.63) is 11.9 Å². The molecule has 5 heteroatoms. The van der Waals surface area contributed by atoms with Gasteiger partial charge in [-0.15, -0.1) is 5.10 Å². The Kier molecular flexibility index (Phi) is 6.53. The van der Waals surface area contributed by atoms with Gasteiger partial charge in [0.15, 0.2) is 0 Å². The van der Waals surface area contributed by atoms with E-state index in [1.54, 1.807) is 6.92 Å². The second-order valence-corrected chi connectivity index (χ2v) is 8.21. The predicted molar refractivity (Wildman–Crippen MR) is 98.2 cm³/mol. The zero-order chi connectivity index (χ0) is 18.5. The first-order chi connectivity index (χ1) is 11.8. The second-order valence-electron chi connectivity index (χ2n) is 8.21. The van der Waals surface area contributed by atoms with Gasteiger partial charge < -0.3 is 0 Å². The molecule has 140 valence electrons. The molecule has 2 heterocycles. The van der Waals surface area contributed by atoms with Crippen LogP contribution in [0.3, 0.4) is 0 Å². The van der Waals surface area contributed by atoms with Crippen molar-refractivity contribution < 1.29 is 9.59 Å². The molecular weight excluding hydrogens is 314 g/mol. The number of hydrogen-bond donors (Lipinski definition) is 0. The van der Waals surface area contributed by atoms with Crippen molar-refractivity contribution in [1.82, 2.24) is 15.0 Å². The third-order valence-electron chi connectivity index (χ3n) is 6.42. The highest BCUT2D eigenvalue weighted by atomic mass is 16.1. The summed E-state index contributed by atoms with van der Waals surface area (Å²) >= 11 is 0. The van der Waals surface area contributed by atoms with Crippen molar-refractivity contribution in [1.29, 1.82) is 0 Å². The SMILES string of the molecule is CC[C@@]1(C)CCCc2cnnn2CCCC[C@@](C)(C(C)=O)CCC1=O. The lowest BCUT2D eigenvalue weighted by atomic mass is 9.72. The fourth-order valence-electron chi connectivity index (χ4n) is 3.78. The van der Waals surface area contributed by atoms with Gasteiger partial charge in [0, 0.05) is 23.8 Å². The highest BCUT2D eigenvalue weighted by Crippen LogP contribution is 2.36. The number of hydrogen-bond acceptors (Lipinski definition) is 4. The van der Waals surface area contributed by atoms with E-state index in [0.29, 0.717) is 18.6 Å². The number of nitrogens with zero attached hydrogens (tertiary/aromatic N) is 3. The summed E-state index contributed by atoms with van der Waals surface area (Å²) in [6.45, 7) is 8.73. The van der Waals surface area contributed by atoms with E-state index in [4.69, 9.17) is 0 Å². The molecule has 2 atom stereocenters. The van der Waals surface area contributed by atoms with Crippen LogP contribution < -0.4 is 0 Å². The first-order valence-corrected chi connectivity index (χ1v) is 9.72. The van der Waals surface area contributed by atoms with Crippen molar-refractivity contribution in [2.24, 2.45) is 10.8 Å². The average molecular weight is 348 g/mol. The zero-order valence-corrected chi connectivity index (χ0v) is 16.3. The van der Waals surface area contributed by atoms with Crippen LogP contribution >= 0.6 is 0 Å². The lowest BCUT2D eigenvalue weighted by molar-refractivity contribution is -0.131. The maximum absolute atomic E-state index is 12.9. The number of aryl methyl sites for hydroxylation is 2. The van der Waals surface area contributed by atoms with Gasteiger partial charge in [0.05, 0.1) is 11.9 Å². The molecular formula is C20H33N3O2. The van der Waals surface area contributed by atoms with E-state index < -0.39 is 0 Å². The molecule has 0 saturated heterocycles. The first kappa shape index (κ1) is 19.8. The largest absolute Gasteiger partial charge is 0.299 e. The highest BCUT2D eigenvalue weighted by Gasteiger charge is 2.35. The topological polar surface area (TPSA) is 64.8 Å². The molecule has 5 nitrogen and oxygen atoms in total. The Labute approximate surface area is 151 Å². The van der Waals surface area contributed by atoms with Crippen LogP contribution in [0.2, 0.25) is 0 Å². The predicted octanol–water partition coefficient (Wildman–Crippen LogP) is 4.15.